The molecule has 3 aliphatic heterocycles. The maximum absolute atomic E-state index is 13.6. The van der Waals surface area contributed by atoms with Gasteiger partial charge in [-0.3, -0.25) is 14.4 Å². The van der Waals surface area contributed by atoms with E-state index in [1.807, 2.05) is 16.8 Å². The number of nitrogens with zero attached hydrogens (tertiary/aromatic N) is 5. The zero-order chi connectivity index (χ0) is 26.0. The minimum atomic E-state index is -3.57. The minimum absolute atomic E-state index is 0.0619. The summed E-state index contributed by atoms with van der Waals surface area (Å²) in [7, 11) is 0.249. The number of sulfone groups is 1. The number of rotatable bonds is 8. The van der Waals surface area contributed by atoms with Crippen molar-refractivity contribution >= 4 is 15.7 Å². The molecule has 3 aliphatic rings. The average molecular weight is 532 g/mol. The molecule has 10 nitrogen and oxygen atoms in total. The Morgan fingerprint density at radius 1 is 1.19 bits per heavy atom. The standard InChI is InChI=1S/C26H37N5O5S/c1-28(12-15-35-2)10-11-29-9-5-6-20(18-29)31-25-21-7-3-4-8-23(21)37(33,34)19-22(25)24(27-31)26(32)30-13-16-36-17-14-30/h3-4,7-8,20H,5-6,9-19H2,1-2H3. The second kappa shape index (κ2) is 11.2. The lowest BCUT2D eigenvalue weighted by Crippen LogP contribution is -2.42. The molecule has 2 aromatic rings. The van der Waals surface area contributed by atoms with Gasteiger partial charge in [-0.1, -0.05) is 18.2 Å². The van der Waals surface area contributed by atoms with Crippen molar-refractivity contribution in [3.63, 3.8) is 0 Å². The third-order valence-electron chi connectivity index (χ3n) is 7.62. The number of piperidine rings is 1. The van der Waals surface area contributed by atoms with Gasteiger partial charge in [0.25, 0.3) is 5.91 Å². The molecule has 1 atom stereocenters. The smallest absolute Gasteiger partial charge is 0.274 e. The predicted molar refractivity (Wildman–Crippen MR) is 139 cm³/mol. The van der Waals surface area contributed by atoms with Gasteiger partial charge in [0.15, 0.2) is 15.5 Å². The second-order valence-corrected chi connectivity index (χ2v) is 12.1. The van der Waals surface area contributed by atoms with Crippen LogP contribution in [0.2, 0.25) is 0 Å². The van der Waals surface area contributed by atoms with Gasteiger partial charge in [0.1, 0.15) is 0 Å². The van der Waals surface area contributed by atoms with E-state index in [2.05, 4.69) is 16.8 Å². The van der Waals surface area contributed by atoms with E-state index in [0.717, 1.165) is 51.3 Å². The molecule has 0 radical (unpaired) electrons. The average Bonchev–Trinajstić information content (AvgIpc) is 3.29. The number of hydrogen-bond acceptors (Lipinski definition) is 8. The third kappa shape index (κ3) is 5.46. The molecule has 1 amide bonds. The predicted octanol–water partition coefficient (Wildman–Crippen LogP) is 1.52. The molecule has 11 heteroatoms. The summed E-state index contributed by atoms with van der Waals surface area (Å²) < 4.78 is 39.1. The Morgan fingerprint density at radius 2 is 1.97 bits per heavy atom. The lowest BCUT2D eigenvalue weighted by atomic mass is 10.0. The molecule has 37 heavy (non-hydrogen) atoms. The van der Waals surface area contributed by atoms with E-state index < -0.39 is 9.84 Å². The lowest BCUT2D eigenvalue weighted by molar-refractivity contribution is 0.0297. The zero-order valence-electron chi connectivity index (χ0n) is 21.8. The fraction of sp³-hybridized carbons (Fsp3) is 0.615. The topological polar surface area (TPSA) is 97.2 Å². The first kappa shape index (κ1) is 26.3. The van der Waals surface area contributed by atoms with Gasteiger partial charge in [-0.15, -0.1) is 0 Å². The summed E-state index contributed by atoms with van der Waals surface area (Å²) in [6.07, 6.45) is 1.96. The van der Waals surface area contributed by atoms with Crippen molar-refractivity contribution < 1.29 is 22.7 Å². The van der Waals surface area contributed by atoms with Crippen molar-refractivity contribution in [1.29, 1.82) is 0 Å². The quantitative estimate of drug-likeness (QED) is 0.506. The number of carbonyl (C=O) groups is 1. The van der Waals surface area contributed by atoms with Crippen molar-refractivity contribution in [3.8, 4) is 11.3 Å². The third-order valence-corrected chi connectivity index (χ3v) is 9.32. The van der Waals surface area contributed by atoms with E-state index in [-0.39, 0.29) is 23.4 Å². The number of benzene rings is 1. The maximum Gasteiger partial charge on any atom is 0.274 e. The number of likely N-dealkylation sites (N-methyl/N-ethyl adjacent to an activating group) is 1. The van der Waals surface area contributed by atoms with E-state index in [1.165, 1.54) is 0 Å². The van der Waals surface area contributed by atoms with Gasteiger partial charge in [-0.05, 0) is 32.5 Å². The van der Waals surface area contributed by atoms with E-state index in [4.69, 9.17) is 14.6 Å². The number of amides is 1. The molecule has 5 rings (SSSR count). The summed E-state index contributed by atoms with van der Waals surface area (Å²) in [5, 5.41) is 4.89. The Morgan fingerprint density at radius 3 is 2.76 bits per heavy atom. The molecule has 0 spiro atoms. The van der Waals surface area contributed by atoms with Gasteiger partial charge in [0.2, 0.25) is 0 Å². The number of fused-ring (bicyclic) bond motifs is 3. The number of methoxy groups -OCH3 is 1. The van der Waals surface area contributed by atoms with Gasteiger partial charge in [-0.25, -0.2) is 8.42 Å². The molecule has 4 heterocycles. The molecule has 1 aromatic heterocycles. The Hall–Kier alpha value is -2.31. The summed E-state index contributed by atoms with van der Waals surface area (Å²) in [6, 6.07) is 7.18. The molecule has 1 unspecified atom stereocenters. The zero-order valence-corrected chi connectivity index (χ0v) is 22.6. The summed E-state index contributed by atoms with van der Waals surface area (Å²) in [5.74, 6) is -0.411. The number of ether oxygens (including phenoxy) is 2. The highest BCUT2D eigenvalue weighted by Crippen LogP contribution is 2.41. The van der Waals surface area contributed by atoms with E-state index >= 15 is 0 Å². The van der Waals surface area contributed by atoms with Crippen LogP contribution in [0.3, 0.4) is 0 Å². The first-order valence-electron chi connectivity index (χ1n) is 13.1. The van der Waals surface area contributed by atoms with E-state index in [1.54, 1.807) is 24.1 Å². The highest BCUT2D eigenvalue weighted by Gasteiger charge is 2.38. The first-order chi connectivity index (χ1) is 17.9. The largest absolute Gasteiger partial charge is 0.383 e. The summed E-state index contributed by atoms with van der Waals surface area (Å²) >= 11 is 0. The SMILES string of the molecule is COCCN(C)CCN1CCCC(n2nc(C(=O)N3CCOCC3)c3c2-c2ccccc2S(=O)(=O)C3)C1. The van der Waals surface area contributed by atoms with Crippen molar-refractivity contribution in [3.05, 3.63) is 35.5 Å². The second-order valence-electron chi connectivity index (χ2n) is 10.2. The van der Waals surface area contributed by atoms with Gasteiger partial charge < -0.3 is 19.3 Å². The van der Waals surface area contributed by atoms with Crippen LogP contribution >= 0.6 is 0 Å². The van der Waals surface area contributed by atoms with Gasteiger partial charge in [-0.2, -0.15) is 5.10 Å². The van der Waals surface area contributed by atoms with Crippen molar-refractivity contribution in [2.75, 3.05) is 79.8 Å². The fourth-order valence-electron chi connectivity index (χ4n) is 5.55. The number of morpholine rings is 1. The molecule has 0 saturated carbocycles. The Bertz CT molecular complexity index is 1220. The number of likely N-dealkylation sites (tertiary alicyclic amines) is 1. The van der Waals surface area contributed by atoms with Gasteiger partial charge in [0.05, 0.1) is 42.2 Å². The Kier molecular flexibility index (Phi) is 7.96. The summed E-state index contributed by atoms with van der Waals surface area (Å²) in [6.45, 7) is 7.22. The van der Waals surface area contributed by atoms with E-state index in [9.17, 15) is 13.2 Å². The highest BCUT2D eigenvalue weighted by molar-refractivity contribution is 7.90. The van der Waals surface area contributed by atoms with Crippen LogP contribution in [0, 0.1) is 0 Å². The van der Waals surface area contributed by atoms with Crippen molar-refractivity contribution in [1.82, 2.24) is 24.5 Å². The highest BCUT2D eigenvalue weighted by atomic mass is 32.2. The monoisotopic (exact) mass is 531 g/mol. The van der Waals surface area contributed by atoms with Crippen LogP contribution in [0.15, 0.2) is 29.2 Å². The fourth-order valence-corrected chi connectivity index (χ4v) is 7.14. The molecule has 1 aromatic carbocycles. The Labute approximate surface area is 219 Å². The maximum atomic E-state index is 13.6. The normalized spacial score (nSPS) is 21.6. The first-order valence-corrected chi connectivity index (χ1v) is 14.7. The molecular weight excluding hydrogens is 494 g/mol. The molecule has 0 N–H and O–H groups in total. The van der Waals surface area contributed by atoms with Crippen molar-refractivity contribution in [2.45, 2.75) is 29.5 Å². The summed E-state index contributed by atoms with van der Waals surface area (Å²) in [5.41, 5.74) is 2.23. The van der Waals surface area contributed by atoms with Crippen LogP contribution in [-0.4, -0.2) is 119 Å². The Balaban J connectivity index is 1.48. The van der Waals surface area contributed by atoms with Crippen LogP contribution in [0.4, 0.5) is 0 Å². The van der Waals surface area contributed by atoms with Crippen molar-refractivity contribution in [2.24, 2.45) is 0 Å². The molecule has 2 fully saturated rings. The molecule has 202 valence electrons. The number of hydrogen-bond donors (Lipinski definition) is 0. The molecule has 0 bridgehead atoms. The van der Waals surface area contributed by atoms with Crippen LogP contribution < -0.4 is 0 Å². The lowest BCUT2D eigenvalue weighted by Gasteiger charge is -2.35. The van der Waals surface area contributed by atoms with Crippen LogP contribution in [0.5, 0.6) is 0 Å². The van der Waals surface area contributed by atoms with E-state index in [0.29, 0.717) is 48.9 Å². The van der Waals surface area contributed by atoms with Gasteiger partial charge >= 0.3 is 0 Å². The van der Waals surface area contributed by atoms with Crippen LogP contribution in [-0.2, 0) is 25.1 Å². The minimum Gasteiger partial charge on any atom is -0.383 e. The van der Waals surface area contributed by atoms with Crippen LogP contribution in [0.1, 0.15) is 34.9 Å². The molecule has 0 aliphatic carbocycles. The number of aromatic nitrogens is 2. The van der Waals surface area contributed by atoms with Crippen LogP contribution in [0.25, 0.3) is 11.3 Å². The molecular formula is C26H37N5O5S. The van der Waals surface area contributed by atoms with Gasteiger partial charge in [0, 0.05) is 57.5 Å². The summed E-state index contributed by atoms with van der Waals surface area (Å²) in [4.78, 5) is 20.4. The molecule has 2 saturated heterocycles. The number of carbonyl (C=O) groups excluding carboxylic acids is 1.